The summed E-state index contributed by atoms with van der Waals surface area (Å²) in [5.41, 5.74) is 4.18. The van der Waals surface area contributed by atoms with Crippen molar-refractivity contribution in [3.05, 3.63) is 41.5 Å². The molecule has 3 heterocycles. The minimum atomic E-state index is -0.939. The standard InChI is InChI=1S/C19H20N4O2/c1-3-23-18-14(10-21-23)16(13-6-11(2)8-20-9-13)17(19(24)25)15(22-18)7-12-4-5-12/h6,8-10,12H,3-5,7H2,1-2H3,(H,24,25). The second-order valence-electron chi connectivity index (χ2n) is 6.71. The Balaban J connectivity index is 2.07. The van der Waals surface area contributed by atoms with Crippen molar-refractivity contribution in [3.63, 3.8) is 0 Å². The van der Waals surface area contributed by atoms with Gasteiger partial charge in [-0.3, -0.25) is 4.98 Å². The highest BCUT2D eigenvalue weighted by Crippen LogP contribution is 2.38. The molecule has 0 aliphatic heterocycles. The zero-order chi connectivity index (χ0) is 17.6. The smallest absolute Gasteiger partial charge is 0.338 e. The number of aromatic carboxylic acids is 1. The van der Waals surface area contributed by atoms with Crippen molar-refractivity contribution in [2.24, 2.45) is 5.92 Å². The largest absolute Gasteiger partial charge is 0.478 e. The van der Waals surface area contributed by atoms with Crippen LogP contribution in [-0.4, -0.2) is 30.8 Å². The van der Waals surface area contributed by atoms with Crippen molar-refractivity contribution in [3.8, 4) is 11.1 Å². The Labute approximate surface area is 145 Å². The van der Waals surface area contributed by atoms with Gasteiger partial charge in [-0.1, -0.05) is 0 Å². The molecule has 0 amide bonds. The lowest BCUT2D eigenvalue weighted by molar-refractivity contribution is 0.0696. The van der Waals surface area contributed by atoms with E-state index in [9.17, 15) is 9.90 Å². The fourth-order valence-corrected chi connectivity index (χ4v) is 3.33. The lowest BCUT2D eigenvalue weighted by atomic mass is 9.95. The van der Waals surface area contributed by atoms with Gasteiger partial charge in [0.2, 0.25) is 0 Å². The molecule has 6 heteroatoms. The third kappa shape index (κ3) is 2.77. The van der Waals surface area contributed by atoms with Gasteiger partial charge in [0.25, 0.3) is 0 Å². The van der Waals surface area contributed by atoms with E-state index in [1.54, 1.807) is 18.6 Å². The molecule has 1 aliphatic rings. The van der Waals surface area contributed by atoms with Crippen LogP contribution in [0.3, 0.4) is 0 Å². The normalized spacial score (nSPS) is 14.2. The van der Waals surface area contributed by atoms with E-state index in [0.29, 0.717) is 35.7 Å². The molecule has 0 aromatic carbocycles. The van der Waals surface area contributed by atoms with Gasteiger partial charge in [0.1, 0.15) is 0 Å². The average Bonchev–Trinajstić information content (AvgIpc) is 3.30. The van der Waals surface area contributed by atoms with Crippen LogP contribution in [0.5, 0.6) is 0 Å². The second-order valence-corrected chi connectivity index (χ2v) is 6.71. The molecule has 4 rings (SSSR count). The quantitative estimate of drug-likeness (QED) is 0.771. The maximum Gasteiger partial charge on any atom is 0.338 e. The molecule has 3 aromatic heterocycles. The molecule has 1 saturated carbocycles. The van der Waals surface area contributed by atoms with E-state index >= 15 is 0 Å². The van der Waals surface area contributed by atoms with E-state index in [0.717, 1.165) is 35.0 Å². The maximum atomic E-state index is 12.1. The van der Waals surface area contributed by atoms with E-state index < -0.39 is 5.97 Å². The van der Waals surface area contributed by atoms with Crippen LogP contribution in [0.1, 0.15) is 41.4 Å². The highest BCUT2D eigenvalue weighted by atomic mass is 16.4. The Bertz CT molecular complexity index is 973. The van der Waals surface area contributed by atoms with Gasteiger partial charge in [-0.15, -0.1) is 0 Å². The van der Waals surface area contributed by atoms with E-state index in [4.69, 9.17) is 4.98 Å². The highest BCUT2D eigenvalue weighted by Gasteiger charge is 2.29. The number of fused-ring (bicyclic) bond motifs is 1. The van der Waals surface area contributed by atoms with E-state index in [1.165, 1.54) is 0 Å². The van der Waals surface area contributed by atoms with Crippen molar-refractivity contribution in [1.29, 1.82) is 0 Å². The third-order valence-corrected chi connectivity index (χ3v) is 4.72. The van der Waals surface area contributed by atoms with Gasteiger partial charge in [0.15, 0.2) is 5.65 Å². The summed E-state index contributed by atoms with van der Waals surface area (Å²) in [5.74, 6) is -0.393. The molecule has 0 saturated heterocycles. The topological polar surface area (TPSA) is 80.9 Å². The van der Waals surface area contributed by atoms with Crippen LogP contribution in [0.25, 0.3) is 22.2 Å². The molecule has 1 aliphatic carbocycles. The molecule has 0 atom stereocenters. The van der Waals surface area contributed by atoms with E-state index in [2.05, 4.69) is 10.1 Å². The molecular weight excluding hydrogens is 316 g/mol. The summed E-state index contributed by atoms with van der Waals surface area (Å²) >= 11 is 0. The number of nitrogens with zero attached hydrogens (tertiary/aromatic N) is 4. The Kier molecular flexibility index (Phi) is 3.75. The minimum absolute atomic E-state index is 0.294. The molecule has 25 heavy (non-hydrogen) atoms. The van der Waals surface area contributed by atoms with Crippen LogP contribution in [0.15, 0.2) is 24.7 Å². The first kappa shape index (κ1) is 15.7. The lowest BCUT2D eigenvalue weighted by Gasteiger charge is -2.13. The maximum absolute atomic E-state index is 12.1. The summed E-state index contributed by atoms with van der Waals surface area (Å²) in [6.07, 6.45) is 8.21. The van der Waals surface area contributed by atoms with Gasteiger partial charge in [0, 0.05) is 35.5 Å². The molecule has 0 radical (unpaired) electrons. The predicted octanol–water partition coefficient (Wildman–Crippen LogP) is 3.47. The van der Waals surface area contributed by atoms with Crippen LogP contribution in [0.4, 0.5) is 0 Å². The van der Waals surface area contributed by atoms with Crippen molar-refractivity contribution >= 4 is 17.0 Å². The molecule has 0 bridgehead atoms. The first-order valence-corrected chi connectivity index (χ1v) is 8.62. The van der Waals surface area contributed by atoms with Gasteiger partial charge in [0.05, 0.1) is 17.5 Å². The number of rotatable bonds is 5. The fraction of sp³-hybridized carbons (Fsp3) is 0.368. The Morgan fingerprint density at radius 2 is 2.12 bits per heavy atom. The van der Waals surface area contributed by atoms with Crippen molar-refractivity contribution in [2.45, 2.75) is 39.7 Å². The van der Waals surface area contributed by atoms with Gasteiger partial charge in [-0.05, 0) is 50.7 Å². The molecule has 6 nitrogen and oxygen atoms in total. The van der Waals surface area contributed by atoms with Gasteiger partial charge in [-0.25, -0.2) is 14.5 Å². The van der Waals surface area contributed by atoms with E-state index in [-0.39, 0.29) is 0 Å². The second kappa shape index (κ2) is 5.95. The fourth-order valence-electron chi connectivity index (χ4n) is 3.33. The average molecular weight is 336 g/mol. The summed E-state index contributed by atoms with van der Waals surface area (Å²) in [6.45, 7) is 4.65. The number of carboxylic acid groups (broad SMARTS) is 1. The van der Waals surface area contributed by atoms with Crippen LogP contribution in [0.2, 0.25) is 0 Å². The lowest BCUT2D eigenvalue weighted by Crippen LogP contribution is -2.10. The van der Waals surface area contributed by atoms with Gasteiger partial charge >= 0.3 is 5.97 Å². The number of aryl methyl sites for hydroxylation is 2. The Hall–Kier alpha value is -2.76. The number of aromatic nitrogens is 4. The molecule has 3 aromatic rings. The van der Waals surface area contributed by atoms with Crippen LogP contribution in [0, 0.1) is 12.8 Å². The minimum Gasteiger partial charge on any atom is -0.478 e. The Morgan fingerprint density at radius 3 is 2.76 bits per heavy atom. The zero-order valence-electron chi connectivity index (χ0n) is 14.4. The van der Waals surface area contributed by atoms with Crippen molar-refractivity contribution in [2.75, 3.05) is 0 Å². The van der Waals surface area contributed by atoms with Crippen molar-refractivity contribution < 1.29 is 9.90 Å². The summed E-state index contributed by atoms with van der Waals surface area (Å²) in [5, 5.41) is 15.1. The molecule has 0 spiro atoms. The van der Waals surface area contributed by atoms with Gasteiger partial charge < -0.3 is 5.11 Å². The SMILES string of the molecule is CCn1ncc2c(-c3cncc(C)c3)c(C(=O)O)c(CC3CC3)nc21. The van der Waals surface area contributed by atoms with Crippen LogP contribution >= 0.6 is 0 Å². The van der Waals surface area contributed by atoms with E-state index in [1.807, 2.05) is 24.6 Å². The third-order valence-electron chi connectivity index (χ3n) is 4.72. The molecule has 1 N–H and O–H groups in total. The molecule has 1 fully saturated rings. The summed E-state index contributed by atoms with van der Waals surface area (Å²) in [4.78, 5) is 21.1. The molecule has 0 unspecified atom stereocenters. The highest BCUT2D eigenvalue weighted by molar-refractivity contribution is 6.06. The summed E-state index contributed by atoms with van der Waals surface area (Å²) in [6, 6.07) is 1.97. The van der Waals surface area contributed by atoms with Gasteiger partial charge in [-0.2, -0.15) is 5.10 Å². The number of carboxylic acids is 1. The van der Waals surface area contributed by atoms with Crippen LogP contribution < -0.4 is 0 Å². The first-order chi connectivity index (χ1) is 12.1. The zero-order valence-corrected chi connectivity index (χ0v) is 14.4. The predicted molar refractivity (Wildman–Crippen MR) is 94.6 cm³/mol. The number of pyridine rings is 2. The molecular formula is C19H20N4O2. The monoisotopic (exact) mass is 336 g/mol. The molecule has 128 valence electrons. The number of hydrogen-bond donors (Lipinski definition) is 1. The number of carbonyl (C=O) groups is 1. The number of hydrogen-bond acceptors (Lipinski definition) is 4. The Morgan fingerprint density at radius 1 is 1.32 bits per heavy atom. The first-order valence-electron chi connectivity index (χ1n) is 8.62. The van der Waals surface area contributed by atoms with Crippen molar-refractivity contribution in [1.82, 2.24) is 19.7 Å². The summed E-state index contributed by atoms with van der Waals surface area (Å²) in [7, 11) is 0. The van der Waals surface area contributed by atoms with Crippen LogP contribution in [-0.2, 0) is 13.0 Å². The summed E-state index contributed by atoms with van der Waals surface area (Å²) < 4.78 is 1.82.